The van der Waals surface area contributed by atoms with Gasteiger partial charge in [0.1, 0.15) is 5.75 Å². The third-order valence-electron chi connectivity index (χ3n) is 2.68. The standard InChI is InChI=1S/C14H13ClN2O5/c1-20-11-7-12(21-2)17-14(16-11)22-10-5-3-4-9(15)8(10)6-13(18)19/h3-5,7H,6H2,1-2H3,(H,18,19)/p-1. The van der Waals surface area contributed by atoms with E-state index < -0.39 is 12.4 Å². The zero-order chi connectivity index (χ0) is 16.1. The van der Waals surface area contributed by atoms with E-state index in [9.17, 15) is 9.90 Å². The number of carboxylic acid groups (broad SMARTS) is 1. The lowest BCUT2D eigenvalue weighted by molar-refractivity contribution is -0.304. The quantitative estimate of drug-likeness (QED) is 0.789. The van der Waals surface area contributed by atoms with Gasteiger partial charge in [-0.1, -0.05) is 17.7 Å². The van der Waals surface area contributed by atoms with Crippen molar-refractivity contribution in [3.63, 3.8) is 0 Å². The van der Waals surface area contributed by atoms with E-state index in [0.29, 0.717) is 0 Å². The average molecular weight is 324 g/mol. The number of nitrogens with zero attached hydrogens (tertiary/aromatic N) is 2. The molecule has 2 rings (SSSR count). The highest BCUT2D eigenvalue weighted by Gasteiger charge is 2.13. The van der Waals surface area contributed by atoms with Crippen LogP contribution in [0.2, 0.25) is 5.02 Å². The number of aliphatic carboxylic acids is 1. The molecule has 0 bridgehead atoms. The number of methoxy groups -OCH3 is 2. The number of carboxylic acids is 1. The molecular weight excluding hydrogens is 312 g/mol. The Balaban J connectivity index is 2.38. The van der Waals surface area contributed by atoms with Crippen molar-refractivity contribution in [2.24, 2.45) is 0 Å². The maximum Gasteiger partial charge on any atom is 0.328 e. The Morgan fingerprint density at radius 1 is 1.23 bits per heavy atom. The van der Waals surface area contributed by atoms with Crippen molar-refractivity contribution in [1.82, 2.24) is 9.97 Å². The molecule has 0 unspecified atom stereocenters. The molecule has 8 heteroatoms. The maximum atomic E-state index is 10.8. The van der Waals surface area contributed by atoms with Gasteiger partial charge in [0.05, 0.1) is 20.3 Å². The summed E-state index contributed by atoms with van der Waals surface area (Å²) in [5, 5.41) is 11.1. The normalized spacial score (nSPS) is 10.1. The minimum atomic E-state index is -1.28. The Kier molecular flexibility index (Phi) is 5.00. The first kappa shape index (κ1) is 15.8. The second-order valence-electron chi connectivity index (χ2n) is 4.10. The zero-order valence-corrected chi connectivity index (χ0v) is 12.6. The molecule has 0 saturated carbocycles. The van der Waals surface area contributed by atoms with Crippen LogP contribution in [0.5, 0.6) is 23.5 Å². The fourth-order valence-electron chi connectivity index (χ4n) is 1.69. The largest absolute Gasteiger partial charge is 0.550 e. The molecule has 0 spiro atoms. The van der Waals surface area contributed by atoms with Crippen LogP contribution in [0, 0.1) is 0 Å². The molecule has 0 radical (unpaired) electrons. The number of carbonyl (C=O) groups excluding carboxylic acids is 1. The summed E-state index contributed by atoms with van der Waals surface area (Å²) in [7, 11) is 2.87. The highest BCUT2D eigenvalue weighted by atomic mass is 35.5. The van der Waals surface area contributed by atoms with E-state index in [0.717, 1.165) is 0 Å². The molecule has 0 aliphatic rings. The predicted octanol–water partition coefficient (Wildman–Crippen LogP) is 1.23. The highest BCUT2D eigenvalue weighted by Crippen LogP contribution is 2.31. The second-order valence-corrected chi connectivity index (χ2v) is 4.51. The molecule has 0 N–H and O–H groups in total. The predicted molar refractivity (Wildman–Crippen MR) is 75.4 cm³/mol. The molecule has 0 aliphatic heterocycles. The maximum absolute atomic E-state index is 10.8. The van der Waals surface area contributed by atoms with Gasteiger partial charge in [-0.15, -0.1) is 0 Å². The molecule has 1 aromatic heterocycles. The van der Waals surface area contributed by atoms with E-state index in [2.05, 4.69) is 9.97 Å². The first-order chi connectivity index (χ1) is 10.5. The Hall–Kier alpha value is -2.54. The van der Waals surface area contributed by atoms with Gasteiger partial charge in [-0.25, -0.2) is 0 Å². The van der Waals surface area contributed by atoms with Gasteiger partial charge >= 0.3 is 6.01 Å². The molecular formula is C14H12ClN2O5-. The number of rotatable bonds is 6. The molecule has 0 amide bonds. The van der Waals surface area contributed by atoms with Crippen molar-refractivity contribution >= 4 is 17.6 Å². The van der Waals surface area contributed by atoms with Crippen LogP contribution < -0.4 is 19.3 Å². The summed E-state index contributed by atoms with van der Waals surface area (Å²) in [4.78, 5) is 18.8. The molecule has 1 heterocycles. The minimum Gasteiger partial charge on any atom is -0.550 e. The van der Waals surface area contributed by atoms with Gasteiger partial charge in [0.2, 0.25) is 11.8 Å². The van der Waals surface area contributed by atoms with Crippen molar-refractivity contribution < 1.29 is 24.1 Å². The van der Waals surface area contributed by atoms with Crippen LogP contribution in [0.15, 0.2) is 24.3 Å². The number of ether oxygens (including phenoxy) is 3. The number of carbonyl (C=O) groups is 1. The molecule has 0 fully saturated rings. The number of hydrogen-bond acceptors (Lipinski definition) is 7. The molecule has 0 aliphatic carbocycles. The summed E-state index contributed by atoms with van der Waals surface area (Å²) in [5.41, 5.74) is 0.273. The zero-order valence-electron chi connectivity index (χ0n) is 11.8. The van der Waals surface area contributed by atoms with Crippen LogP contribution in [0.25, 0.3) is 0 Å². The van der Waals surface area contributed by atoms with E-state index in [1.807, 2.05) is 0 Å². The van der Waals surface area contributed by atoms with Gasteiger partial charge in [-0.05, 0) is 12.1 Å². The topological polar surface area (TPSA) is 93.6 Å². The number of hydrogen-bond donors (Lipinski definition) is 0. The summed E-state index contributed by atoms with van der Waals surface area (Å²) in [6.07, 6.45) is -0.393. The summed E-state index contributed by atoms with van der Waals surface area (Å²) >= 11 is 6.00. The van der Waals surface area contributed by atoms with E-state index in [1.165, 1.54) is 20.3 Å². The van der Waals surface area contributed by atoms with Crippen LogP contribution in [0.1, 0.15) is 5.56 Å². The van der Waals surface area contributed by atoms with E-state index in [-0.39, 0.29) is 34.1 Å². The van der Waals surface area contributed by atoms with Gasteiger partial charge in [-0.3, -0.25) is 0 Å². The van der Waals surface area contributed by atoms with E-state index in [4.69, 9.17) is 25.8 Å². The van der Waals surface area contributed by atoms with Gasteiger partial charge in [-0.2, -0.15) is 9.97 Å². The SMILES string of the molecule is COc1cc(OC)nc(Oc2cccc(Cl)c2CC(=O)[O-])n1. The fourth-order valence-corrected chi connectivity index (χ4v) is 1.92. The van der Waals surface area contributed by atoms with E-state index in [1.54, 1.807) is 18.2 Å². The van der Waals surface area contributed by atoms with E-state index >= 15 is 0 Å². The van der Waals surface area contributed by atoms with Crippen LogP contribution in [-0.2, 0) is 11.2 Å². The molecule has 116 valence electrons. The Bertz CT molecular complexity index is 671. The lowest BCUT2D eigenvalue weighted by atomic mass is 10.1. The number of halogens is 1. The lowest BCUT2D eigenvalue weighted by Gasteiger charge is -2.13. The average Bonchev–Trinajstić information content (AvgIpc) is 2.50. The minimum absolute atomic E-state index is 0.0573. The summed E-state index contributed by atoms with van der Waals surface area (Å²) in [5.74, 6) is -0.579. The first-order valence-corrected chi connectivity index (χ1v) is 6.53. The molecule has 0 atom stereocenters. The van der Waals surface area contributed by atoms with Crippen LogP contribution in [-0.4, -0.2) is 30.2 Å². The molecule has 0 saturated heterocycles. The Morgan fingerprint density at radius 3 is 2.41 bits per heavy atom. The Labute approximate surface area is 131 Å². The van der Waals surface area contributed by atoms with Gasteiger partial charge in [0.15, 0.2) is 0 Å². The molecule has 7 nitrogen and oxygen atoms in total. The van der Waals surface area contributed by atoms with Gasteiger partial charge < -0.3 is 24.1 Å². The fraction of sp³-hybridized carbons (Fsp3) is 0.214. The third-order valence-corrected chi connectivity index (χ3v) is 3.03. The highest BCUT2D eigenvalue weighted by molar-refractivity contribution is 6.31. The molecule has 1 aromatic carbocycles. The van der Waals surface area contributed by atoms with Crippen LogP contribution >= 0.6 is 11.6 Å². The van der Waals surface area contributed by atoms with Gasteiger partial charge in [0.25, 0.3) is 0 Å². The van der Waals surface area contributed by atoms with Crippen LogP contribution in [0.3, 0.4) is 0 Å². The number of benzene rings is 1. The Morgan fingerprint density at radius 2 is 1.86 bits per heavy atom. The van der Waals surface area contributed by atoms with Crippen molar-refractivity contribution in [3.8, 4) is 23.5 Å². The summed E-state index contributed by atoms with van der Waals surface area (Å²) in [6, 6.07) is 6.15. The summed E-state index contributed by atoms with van der Waals surface area (Å²) < 4.78 is 15.5. The smallest absolute Gasteiger partial charge is 0.328 e. The molecule has 22 heavy (non-hydrogen) atoms. The number of aromatic nitrogens is 2. The van der Waals surface area contributed by atoms with Gasteiger partial charge in [0, 0.05) is 23.0 Å². The van der Waals surface area contributed by atoms with Crippen LogP contribution in [0.4, 0.5) is 0 Å². The van der Waals surface area contributed by atoms with Crippen molar-refractivity contribution in [2.75, 3.05) is 14.2 Å². The summed E-state index contributed by atoms with van der Waals surface area (Å²) in [6.45, 7) is 0. The first-order valence-electron chi connectivity index (χ1n) is 6.15. The monoisotopic (exact) mass is 323 g/mol. The third kappa shape index (κ3) is 3.76. The van der Waals surface area contributed by atoms with Crippen molar-refractivity contribution in [2.45, 2.75) is 6.42 Å². The second kappa shape index (κ2) is 6.95. The lowest BCUT2D eigenvalue weighted by Crippen LogP contribution is -2.24. The van der Waals surface area contributed by atoms with Crippen molar-refractivity contribution in [1.29, 1.82) is 0 Å². The molecule has 2 aromatic rings. The van der Waals surface area contributed by atoms with Crippen molar-refractivity contribution in [3.05, 3.63) is 34.9 Å².